The summed E-state index contributed by atoms with van der Waals surface area (Å²) in [5, 5.41) is 7.25. The summed E-state index contributed by atoms with van der Waals surface area (Å²) in [7, 11) is 0. The number of likely N-dealkylation sites (tertiary alicyclic amines) is 1. The first-order valence-corrected chi connectivity index (χ1v) is 8.65. The number of aryl methyl sites for hydroxylation is 1. The maximum atomic E-state index is 5.61. The van der Waals surface area contributed by atoms with E-state index in [-0.39, 0.29) is 12.1 Å². The Morgan fingerprint density at radius 3 is 3.09 bits per heavy atom. The van der Waals surface area contributed by atoms with Crippen LogP contribution in [0.25, 0.3) is 0 Å². The van der Waals surface area contributed by atoms with Crippen molar-refractivity contribution in [3.05, 3.63) is 27.8 Å². The number of hydrogen-bond acceptors (Lipinski definition) is 7. The summed E-state index contributed by atoms with van der Waals surface area (Å²) in [5.74, 6) is 1.43. The molecule has 0 radical (unpaired) electrons. The fraction of sp³-hybridized carbons (Fsp3) is 0.667. The van der Waals surface area contributed by atoms with Crippen LogP contribution in [0.3, 0.4) is 0 Å². The average Bonchev–Trinajstić information content (AvgIpc) is 3.20. The van der Waals surface area contributed by atoms with E-state index in [1.165, 1.54) is 0 Å². The Hall–Kier alpha value is -1.31. The summed E-state index contributed by atoms with van der Waals surface area (Å²) in [6.07, 6.45) is 2.30. The Kier molecular flexibility index (Phi) is 4.85. The van der Waals surface area contributed by atoms with Gasteiger partial charge >= 0.3 is 0 Å². The van der Waals surface area contributed by atoms with Crippen LogP contribution in [-0.2, 0) is 11.3 Å². The van der Waals surface area contributed by atoms with Gasteiger partial charge in [-0.25, -0.2) is 4.98 Å². The highest BCUT2D eigenvalue weighted by Crippen LogP contribution is 2.32. The largest absolute Gasteiger partial charge is 0.372 e. The molecular weight excluding hydrogens is 300 g/mol. The summed E-state index contributed by atoms with van der Waals surface area (Å²) in [6, 6.07) is 0.243. The molecule has 0 N–H and O–H groups in total. The van der Waals surface area contributed by atoms with E-state index in [0.717, 1.165) is 42.5 Å². The molecule has 0 saturated carbocycles. The van der Waals surface area contributed by atoms with Crippen LogP contribution in [0.15, 0.2) is 9.90 Å². The Labute approximate surface area is 134 Å². The summed E-state index contributed by atoms with van der Waals surface area (Å²) in [5.41, 5.74) is 1.10. The van der Waals surface area contributed by atoms with Gasteiger partial charge in [-0.05, 0) is 33.2 Å². The molecule has 0 amide bonds. The van der Waals surface area contributed by atoms with Crippen LogP contribution in [0.1, 0.15) is 61.3 Å². The number of ether oxygens (including phenoxy) is 1. The fourth-order valence-electron chi connectivity index (χ4n) is 2.87. The van der Waals surface area contributed by atoms with Gasteiger partial charge in [-0.15, -0.1) is 11.3 Å². The molecule has 0 unspecified atom stereocenters. The zero-order valence-corrected chi connectivity index (χ0v) is 14.1. The summed E-state index contributed by atoms with van der Waals surface area (Å²) in [4.78, 5) is 11.5. The second-order valence-corrected chi connectivity index (χ2v) is 6.46. The zero-order valence-electron chi connectivity index (χ0n) is 13.3. The summed E-state index contributed by atoms with van der Waals surface area (Å²) in [6.45, 7) is 8.47. The van der Waals surface area contributed by atoms with E-state index in [1.807, 2.05) is 20.8 Å². The molecule has 0 aliphatic carbocycles. The van der Waals surface area contributed by atoms with E-state index in [1.54, 1.807) is 11.3 Å². The third-order valence-electron chi connectivity index (χ3n) is 3.90. The first kappa shape index (κ1) is 15.6. The molecule has 1 saturated heterocycles. The van der Waals surface area contributed by atoms with Crippen LogP contribution < -0.4 is 0 Å². The Balaban J connectivity index is 1.67. The first-order valence-electron chi connectivity index (χ1n) is 7.77. The molecule has 120 valence electrons. The minimum atomic E-state index is 0.0676. The highest BCUT2D eigenvalue weighted by molar-refractivity contribution is 7.09. The zero-order chi connectivity index (χ0) is 15.5. The average molecular weight is 322 g/mol. The maximum absolute atomic E-state index is 5.61. The normalized spacial score (nSPS) is 20.6. The molecule has 7 heteroatoms. The van der Waals surface area contributed by atoms with Gasteiger partial charge in [0.25, 0.3) is 0 Å². The summed E-state index contributed by atoms with van der Waals surface area (Å²) < 4.78 is 10.7. The Bertz CT molecular complexity index is 612. The van der Waals surface area contributed by atoms with Crippen LogP contribution >= 0.6 is 11.3 Å². The standard InChI is InChI=1S/C15H22N4O2S/c1-4-20-10(2)15-17-12(9-22-15)8-19-7-5-6-13(19)14-16-11(3)21-18-14/h9-10,13H,4-8H2,1-3H3/t10-,13+/m0/s1. The molecule has 22 heavy (non-hydrogen) atoms. The SMILES string of the molecule is CCO[C@@H](C)c1nc(CN2CCC[C@@H]2c2noc(C)n2)cs1. The van der Waals surface area contributed by atoms with Gasteiger partial charge in [0.2, 0.25) is 5.89 Å². The third-order valence-corrected chi connectivity index (χ3v) is 4.96. The van der Waals surface area contributed by atoms with Crippen LogP contribution in [0.5, 0.6) is 0 Å². The quantitative estimate of drug-likeness (QED) is 0.813. The highest BCUT2D eigenvalue weighted by Gasteiger charge is 2.30. The predicted molar refractivity (Wildman–Crippen MR) is 83.6 cm³/mol. The van der Waals surface area contributed by atoms with Crippen molar-refractivity contribution in [3.63, 3.8) is 0 Å². The van der Waals surface area contributed by atoms with Crippen molar-refractivity contribution in [3.8, 4) is 0 Å². The van der Waals surface area contributed by atoms with E-state index in [9.17, 15) is 0 Å². The molecule has 6 nitrogen and oxygen atoms in total. The predicted octanol–water partition coefficient (Wildman–Crippen LogP) is 3.27. The van der Waals surface area contributed by atoms with Crippen molar-refractivity contribution in [2.45, 2.75) is 52.3 Å². The van der Waals surface area contributed by atoms with Gasteiger partial charge in [-0.2, -0.15) is 4.98 Å². The van der Waals surface area contributed by atoms with Crippen molar-refractivity contribution < 1.29 is 9.26 Å². The van der Waals surface area contributed by atoms with E-state index in [0.29, 0.717) is 12.5 Å². The van der Waals surface area contributed by atoms with Gasteiger partial charge in [0.1, 0.15) is 11.1 Å². The lowest BCUT2D eigenvalue weighted by Crippen LogP contribution is -2.23. The van der Waals surface area contributed by atoms with Crippen molar-refractivity contribution in [2.24, 2.45) is 0 Å². The third kappa shape index (κ3) is 3.37. The molecule has 3 rings (SSSR count). The molecule has 2 atom stereocenters. The van der Waals surface area contributed by atoms with E-state index in [2.05, 4.69) is 20.4 Å². The molecule has 2 aromatic heterocycles. The van der Waals surface area contributed by atoms with E-state index in [4.69, 9.17) is 14.2 Å². The molecule has 0 aromatic carbocycles. The van der Waals surface area contributed by atoms with Gasteiger partial charge in [-0.3, -0.25) is 4.90 Å². The molecule has 0 bridgehead atoms. The Morgan fingerprint density at radius 1 is 1.50 bits per heavy atom. The van der Waals surface area contributed by atoms with Gasteiger partial charge in [0.15, 0.2) is 5.82 Å². The van der Waals surface area contributed by atoms with Gasteiger partial charge in [-0.1, -0.05) is 5.16 Å². The smallest absolute Gasteiger partial charge is 0.223 e. The van der Waals surface area contributed by atoms with Crippen molar-refractivity contribution >= 4 is 11.3 Å². The fourth-order valence-corrected chi connectivity index (χ4v) is 3.68. The van der Waals surface area contributed by atoms with Crippen molar-refractivity contribution in [1.29, 1.82) is 0 Å². The molecule has 1 fully saturated rings. The van der Waals surface area contributed by atoms with E-state index >= 15 is 0 Å². The van der Waals surface area contributed by atoms with Crippen LogP contribution in [0.4, 0.5) is 0 Å². The van der Waals surface area contributed by atoms with Crippen molar-refractivity contribution in [2.75, 3.05) is 13.2 Å². The number of rotatable bonds is 6. The lowest BCUT2D eigenvalue weighted by atomic mass is 10.2. The maximum Gasteiger partial charge on any atom is 0.223 e. The first-order chi connectivity index (χ1) is 10.7. The number of nitrogens with zero attached hydrogens (tertiary/aromatic N) is 4. The van der Waals surface area contributed by atoms with Gasteiger partial charge < -0.3 is 9.26 Å². The topological polar surface area (TPSA) is 64.3 Å². The number of aromatic nitrogens is 3. The van der Waals surface area contributed by atoms with Gasteiger partial charge in [0.05, 0.1) is 11.7 Å². The molecule has 1 aliphatic heterocycles. The molecular formula is C15H22N4O2S. The lowest BCUT2D eigenvalue weighted by molar-refractivity contribution is 0.0760. The molecule has 3 heterocycles. The van der Waals surface area contributed by atoms with E-state index < -0.39 is 0 Å². The highest BCUT2D eigenvalue weighted by atomic mass is 32.1. The van der Waals surface area contributed by atoms with Crippen molar-refractivity contribution in [1.82, 2.24) is 20.0 Å². The van der Waals surface area contributed by atoms with Crippen LogP contribution in [0.2, 0.25) is 0 Å². The number of thiazole rings is 1. The summed E-state index contributed by atoms with van der Waals surface area (Å²) >= 11 is 1.67. The number of hydrogen-bond donors (Lipinski definition) is 0. The second-order valence-electron chi connectivity index (χ2n) is 5.57. The minimum Gasteiger partial charge on any atom is -0.372 e. The van der Waals surface area contributed by atoms with Gasteiger partial charge in [0, 0.05) is 25.5 Å². The van der Waals surface area contributed by atoms with Crippen LogP contribution in [0, 0.1) is 6.92 Å². The second kappa shape index (κ2) is 6.85. The molecule has 0 spiro atoms. The minimum absolute atomic E-state index is 0.0676. The molecule has 1 aliphatic rings. The lowest BCUT2D eigenvalue weighted by Gasteiger charge is -2.20. The van der Waals surface area contributed by atoms with Crippen LogP contribution in [-0.4, -0.2) is 33.2 Å². The monoisotopic (exact) mass is 322 g/mol. The Morgan fingerprint density at radius 2 is 2.36 bits per heavy atom. The molecule has 2 aromatic rings.